The SMILES string of the molecule is Cc1c(C(=O)N(C)O)ccc2cccnc12. The predicted octanol–water partition coefficient (Wildman–Crippen LogP) is 2.00. The van der Waals surface area contributed by atoms with Gasteiger partial charge in [-0.1, -0.05) is 12.1 Å². The molecule has 0 saturated heterocycles. The minimum absolute atomic E-state index is 0.426. The second-order valence-electron chi connectivity index (χ2n) is 3.64. The maximum Gasteiger partial charge on any atom is 0.277 e. The van der Waals surface area contributed by atoms with E-state index in [1.54, 1.807) is 12.3 Å². The molecule has 0 saturated carbocycles. The lowest BCUT2D eigenvalue weighted by Gasteiger charge is -2.11. The van der Waals surface area contributed by atoms with Crippen molar-refractivity contribution in [2.24, 2.45) is 0 Å². The highest BCUT2D eigenvalue weighted by molar-refractivity contribution is 5.99. The summed E-state index contributed by atoms with van der Waals surface area (Å²) in [5.74, 6) is -0.426. The third-order valence-corrected chi connectivity index (χ3v) is 2.55. The first-order valence-electron chi connectivity index (χ1n) is 4.92. The molecule has 0 bridgehead atoms. The number of hydrogen-bond acceptors (Lipinski definition) is 3. The number of benzene rings is 1. The lowest BCUT2D eigenvalue weighted by molar-refractivity contribution is -0.0375. The predicted molar refractivity (Wildman–Crippen MR) is 60.4 cm³/mol. The van der Waals surface area contributed by atoms with Gasteiger partial charge in [-0.3, -0.25) is 15.0 Å². The Morgan fingerprint density at radius 3 is 2.81 bits per heavy atom. The number of carbonyl (C=O) groups is 1. The Labute approximate surface area is 93.1 Å². The number of aromatic nitrogens is 1. The van der Waals surface area contributed by atoms with E-state index in [4.69, 9.17) is 5.21 Å². The Kier molecular flexibility index (Phi) is 2.58. The van der Waals surface area contributed by atoms with Crippen LogP contribution >= 0.6 is 0 Å². The molecular formula is C12H12N2O2. The van der Waals surface area contributed by atoms with Crippen LogP contribution in [0.1, 0.15) is 15.9 Å². The molecule has 0 spiro atoms. The summed E-state index contributed by atoms with van der Waals surface area (Å²) >= 11 is 0. The molecule has 2 rings (SSSR count). The van der Waals surface area contributed by atoms with E-state index in [-0.39, 0.29) is 0 Å². The summed E-state index contributed by atoms with van der Waals surface area (Å²) in [4.78, 5) is 15.9. The summed E-state index contributed by atoms with van der Waals surface area (Å²) in [5, 5.41) is 10.7. The molecular weight excluding hydrogens is 204 g/mol. The van der Waals surface area contributed by atoms with Crippen molar-refractivity contribution in [3.8, 4) is 0 Å². The van der Waals surface area contributed by atoms with E-state index >= 15 is 0 Å². The quantitative estimate of drug-likeness (QED) is 0.586. The van der Waals surface area contributed by atoms with Gasteiger partial charge in [0.25, 0.3) is 5.91 Å². The Hall–Kier alpha value is -1.94. The molecule has 0 aliphatic heterocycles. The van der Waals surface area contributed by atoms with Crippen LogP contribution in [0, 0.1) is 6.92 Å². The molecule has 2 aromatic rings. The number of carbonyl (C=O) groups excluding carboxylic acids is 1. The second kappa shape index (κ2) is 3.90. The number of rotatable bonds is 1. The second-order valence-corrected chi connectivity index (χ2v) is 3.64. The van der Waals surface area contributed by atoms with E-state index < -0.39 is 5.91 Å². The Bertz CT molecular complexity index is 550. The highest BCUT2D eigenvalue weighted by Gasteiger charge is 2.14. The van der Waals surface area contributed by atoms with Crippen molar-refractivity contribution in [2.45, 2.75) is 6.92 Å². The lowest BCUT2D eigenvalue weighted by Crippen LogP contribution is -2.23. The van der Waals surface area contributed by atoms with E-state index in [0.29, 0.717) is 10.6 Å². The van der Waals surface area contributed by atoms with Crippen molar-refractivity contribution in [3.05, 3.63) is 41.6 Å². The van der Waals surface area contributed by atoms with Crippen LogP contribution in [-0.2, 0) is 0 Å². The first-order valence-corrected chi connectivity index (χ1v) is 4.92. The smallest absolute Gasteiger partial charge is 0.277 e. The monoisotopic (exact) mass is 216 g/mol. The van der Waals surface area contributed by atoms with Gasteiger partial charge >= 0.3 is 0 Å². The summed E-state index contributed by atoms with van der Waals surface area (Å²) < 4.78 is 0. The molecule has 1 heterocycles. The molecule has 4 nitrogen and oxygen atoms in total. The zero-order valence-corrected chi connectivity index (χ0v) is 9.14. The minimum atomic E-state index is -0.426. The van der Waals surface area contributed by atoms with E-state index in [2.05, 4.69) is 4.98 Å². The van der Waals surface area contributed by atoms with Gasteiger partial charge in [0.1, 0.15) is 0 Å². The number of nitrogens with zero attached hydrogens (tertiary/aromatic N) is 2. The first kappa shape index (κ1) is 10.6. The third-order valence-electron chi connectivity index (χ3n) is 2.55. The number of amides is 1. The van der Waals surface area contributed by atoms with Crippen LogP contribution < -0.4 is 0 Å². The van der Waals surface area contributed by atoms with Crippen molar-refractivity contribution < 1.29 is 10.0 Å². The standard InChI is InChI=1S/C12H12N2O2/c1-8-10(12(15)14(2)16)6-5-9-4-3-7-13-11(8)9/h3-7,16H,1-2H3. The van der Waals surface area contributed by atoms with Gasteiger partial charge in [-0.25, -0.2) is 5.06 Å². The van der Waals surface area contributed by atoms with Crippen molar-refractivity contribution >= 4 is 16.8 Å². The number of pyridine rings is 1. The largest absolute Gasteiger partial charge is 0.286 e. The topological polar surface area (TPSA) is 53.4 Å². The zero-order chi connectivity index (χ0) is 11.7. The van der Waals surface area contributed by atoms with E-state index in [9.17, 15) is 4.79 Å². The molecule has 0 fully saturated rings. The average Bonchev–Trinajstić information content (AvgIpc) is 2.29. The van der Waals surface area contributed by atoms with Gasteiger partial charge in [0.05, 0.1) is 5.52 Å². The molecule has 1 N–H and O–H groups in total. The number of aryl methyl sites for hydroxylation is 1. The van der Waals surface area contributed by atoms with Crippen LogP contribution in [0.3, 0.4) is 0 Å². The van der Waals surface area contributed by atoms with Crippen LogP contribution in [0.25, 0.3) is 10.9 Å². The number of hydrogen-bond donors (Lipinski definition) is 1. The van der Waals surface area contributed by atoms with Gasteiger partial charge in [-0.2, -0.15) is 0 Å². The summed E-state index contributed by atoms with van der Waals surface area (Å²) in [7, 11) is 1.31. The molecule has 0 radical (unpaired) electrons. The first-order chi connectivity index (χ1) is 7.61. The van der Waals surface area contributed by atoms with Crippen LogP contribution in [0.4, 0.5) is 0 Å². The maximum atomic E-state index is 11.7. The molecule has 0 aliphatic carbocycles. The van der Waals surface area contributed by atoms with Gasteiger partial charge in [0.2, 0.25) is 0 Å². The van der Waals surface area contributed by atoms with E-state index in [1.807, 2.05) is 25.1 Å². The van der Waals surface area contributed by atoms with E-state index in [1.165, 1.54) is 7.05 Å². The summed E-state index contributed by atoms with van der Waals surface area (Å²) in [6, 6.07) is 7.31. The summed E-state index contributed by atoms with van der Waals surface area (Å²) in [5.41, 5.74) is 2.04. The molecule has 0 atom stereocenters. The number of fused-ring (bicyclic) bond motifs is 1. The number of hydroxylamine groups is 2. The van der Waals surface area contributed by atoms with Crippen molar-refractivity contribution in [1.82, 2.24) is 10.0 Å². The van der Waals surface area contributed by atoms with Gasteiger partial charge in [0, 0.05) is 24.2 Å². The highest BCUT2D eigenvalue weighted by Crippen LogP contribution is 2.20. The summed E-state index contributed by atoms with van der Waals surface area (Å²) in [6.07, 6.45) is 1.69. The highest BCUT2D eigenvalue weighted by atomic mass is 16.5. The Morgan fingerprint density at radius 1 is 1.38 bits per heavy atom. The fourth-order valence-corrected chi connectivity index (χ4v) is 1.70. The normalized spacial score (nSPS) is 10.4. The van der Waals surface area contributed by atoms with Gasteiger partial charge in [-0.05, 0) is 24.6 Å². The third kappa shape index (κ3) is 1.63. The van der Waals surface area contributed by atoms with Crippen LogP contribution in [0.5, 0.6) is 0 Å². The van der Waals surface area contributed by atoms with Crippen molar-refractivity contribution in [3.63, 3.8) is 0 Å². The minimum Gasteiger partial charge on any atom is -0.286 e. The van der Waals surface area contributed by atoms with E-state index in [0.717, 1.165) is 16.5 Å². The molecule has 1 amide bonds. The molecule has 16 heavy (non-hydrogen) atoms. The molecule has 0 unspecified atom stereocenters. The van der Waals surface area contributed by atoms with Crippen molar-refractivity contribution in [1.29, 1.82) is 0 Å². The van der Waals surface area contributed by atoms with Crippen LogP contribution in [0.15, 0.2) is 30.5 Å². The maximum absolute atomic E-state index is 11.7. The molecule has 4 heteroatoms. The molecule has 1 aromatic carbocycles. The van der Waals surface area contributed by atoms with Gasteiger partial charge < -0.3 is 0 Å². The molecule has 1 aromatic heterocycles. The average molecular weight is 216 g/mol. The van der Waals surface area contributed by atoms with Crippen molar-refractivity contribution in [2.75, 3.05) is 7.05 Å². The van der Waals surface area contributed by atoms with Crippen LogP contribution in [-0.4, -0.2) is 28.2 Å². The fraction of sp³-hybridized carbons (Fsp3) is 0.167. The molecule has 82 valence electrons. The Morgan fingerprint density at radius 2 is 2.12 bits per heavy atom. The van der Waals surface area contributed by atoms with Crippen LogP contribution in [0.2, 0.25) is 0 Å². The zero-order valence-electron chi connectivity index (χ0n) is 9.14. The van der Waals surface area contributed by atoms with Gasteiger partial charge in [0.15, 0.2) is 0 Å². The Balaban J connectivity index is 2.65. The molecule has 0 aliphatic rings. The lowest BCUT2D eigenvalue weighted by atomic mass is 10.0. The fourth-order valence-electron chi connectivity index (χ4n) is 1.70. The summed E-state index contributed by atoms with van der Waals surface area (Å²) in [6.45, 7) is 1.83. The van der Waals surface area contributed by atoms with Gasteiger partial charge in [-0.15, -0.1) is 0 Å².